The van der Waals surface area contributed by atoms with Crippen molar-refractivity contribution in [3.63, 3.8) is 0 Å². The zero-order valence-corrected chi connectivity index (χ0v) is 19.1. The van der Waals surface area contributed by atoms with E-state index in [0.717, 1.165) is 10.9 Å². The fraction of sp³-hybridized carbons (Fsp3) is 0.160. The summed E-state index contributed by atoms with van der Waals surface area (Å²) in [7, 11) is 3.14. The SMILES string of the molecule is COc1ccc(-c2nn(C)c(=O)c3ccccc23)cc1CNC(=O)COc1ccc([N+](=O)[O-])cc1. The number of nitro benzene ring substituents is 1. The molecule has 0 aliphatic carbocycles. The minimum Gasteiger partial charge on any atom is -0.496 e. The van der Waals surface area contributed by atoms with E-state index in [1.807, 2.05) is 24.3 Å². The molecule has 0 spiro atoms. The van der Waals surface area contributed by atoms with Gasteiger partial charge in [0, 0.05) is 42.2 Å². The lowest BCUT2D eigenvalue weighted by atomic mass is 10.0. The number of fused-ring (bicyclic) bond motifs is 1. The summed E-state index contributed by atoms with van der Waals surface area (Å²) < 4.78 is 12.2. The molecule has 0 aliphatic heterocycles. The third-order valence-corrected chi connectivity index (χ3v) is 5.40. The van der Waals surface area contributed by atoms with E-state index in [1.54, 1.807) is 25.2 Å². The van der Waals surface area contributed by atoms with Crippen LogP contribution < -0.4 is 20.3 Å². The molecule has 0 aliphatic rings. The van der Waals surface area contributed by atoms with E-state index >= 15 is 0 Å². The number of benzene rings is 3. The predicted octanol–water partition coefficient (Wildman–Crippen LogP) is 3.21. The van der Waals surface area contributed by atoms with Gasteiger partial charge in [-0.2, -0.15) is 5.10 Å². The van der Waals surface area contributed by atoms with Crippen LogP contribution in [0.5, 0.6) is 11.5 Å². The van der Waals surface area contributed by atoms with Gasteiger partial charge >= 0.3 is 0 Å². The highest BCUT2D eigenvalue weighted by Gasteiger charge is 2.14. The maximum absolute atomic E-state index is 12.5. The van der Waals surface area contributed by atoms with Crippen LogP contribution in [0.25, 0.3) is 22.0 Å². The van der Waals surface area contributed by atoms with Crippen LogP contribution in [0.2, 0.25) is 0 Å². The number of aromatic nitrogens is 2. The molecule has 1 heterocycles. The largest absolute Gasteiger partial charge is 0.496 e. The summed E-state index contributed by atoms with van der Waals surface area (Å²) in [6, 6.07) is 18.2. The Labute approximate surface area is 199 Å². The summed E-state index contributed by atoms with van der Waals surface area (Å²) in [5.74, 6) is 0.555. The van der Waals surface area contributed by atoms with Crippen molar-refractivity contribution >= 4 is 22.4 Å². The van der Waals surface area contributed by atoms with Crippen molar-refractivity contribution in [2.75, 3.05) is 13.7 Å². The van der Waals surface area contributed by atoms with E-state index in [2.05, 4.69) is 10.4 Å². The highest BCUT2D eigenvalue weighted by molar-refractivity contribution is 5.94. The zero-order chi connectivity index (χ0) is 24.9. The van der Waals surface area contributed by atoms with Gasteiger partial charge in [-0.05, 0) is 36.4 Å². The Bertz CT molecular complexity index is 1460. The van der Waals surface area contributed by atoms with Crippen LogP contribution in [0.15, 0.2) is 71.5 Å². The Hall–Kier alpha value is -4.73. The first kappa shape index (κ1) is 23.4. The predicted molar refractivity (Wildman–Crippen MR) is 129 cm³/mol. The van der Waals surface area contributed by atoms with Crippen LogP contribution in [0, 0.1) is 10.1 Å². The summed E-state index contributed by atoms with van der Waals surface area (Å²) in [4.78, 5) is 35.0. The van der Waals surface area contributed by atoms with E-state index in [9.17, 15) is 19.7 Å². The molecule has 0 atom stereocenters. The van der Waals surface area contributed by atoms with Crippen LogP contribution in [0.3, 0.4) is 0 Å². The molecule has 0 saturated carbocycles. The van der Waals surface area contributed by atoms with Crippen LogP contribution in [0.1, 0.15) is 5.56 Å². The van der Waals surface area contributed by atoms with Gasteiger partial charge in [0.1, 0.15) is 11.5 Å². The number of nitrogens with zero attached hydrogens (tertiary/aromatic N) is 3. The smallest absolute Gasteiger partial charge is 0.274 e. The van der Waals surface area contributed by atoms with Crippen LogP contribution in [-0.4, -0.2) is 34.3 Å². The van der Waals surface area contributed by atoms with Crippen LogP contribution in [0.4, 0.5) is 5.69 Å². The van der Waals surface area contributed by atoms with Gasteiger partial charge in [-0.15, -0.1) is 0 Å². The number of carbonyl (C=O) groups excluding carboxylic acids is 1. The third kappa shape index (κ3) is 5.11. The minimum atomic E-state index is -0.509. The second-order valence-electron chi connectivity index (χ2n) is 7.67. The van der Waals surface area contributed by atoms with E-state index in [-0.39, 0.29) is 30.3 Å². The summed E-state index contributed by atoms with van der Waals surface area (Å²) in [5.41, 5.74) is 1.88. The molecule has 0 radical (unpaired) electrons. The molecular weight excluding hydrogens is 452 g/mol. The molecule has 3 aromatic carbocycles. The average molecular weight is 474 g/mol. The van der Waals surface area contributed by atoms with E-state index < -0.39 is 4.92 Å². The Morgan fingerprint density at radius 1 is 1.09 bits per heavy atom. The molecule has 1 amide bonds. The van der Waals surface area contributed by atoms with Crippen molar-refractivity contribution in [3.8, 4) is 22.8 Å². The maximum Gasteiger partial charge on any atom is 0.274 e. The first-order valence-electron chi connectivity index (χ1n) is 10.6. The van der Waals surface area contributed by atoms with Gasteiger partial charge in [-0.25, -0.2) is 4.68 Å². The number of hydrogen-bond donors (Lipinski definition) is 1. The van der Waals surface area contributed by atoms with Gasteiger partial charge in [0.25, 0.3) is 17.2 Å². The molecule has 0 fully saturated rings. The molecule has 1 aromatic heterocycles. The van der Waals surface area contributed by atoms with Crippen molar-refractivity contribution in [1.82, 2.24) is 15.1 Å². The number of carbonyl (C=O) groups is 1. The normalized spacial score (nSPS) is 10.7. The van der Waals surface area contributed by atoms with Crippen molar-refractivity contribution in [3.05, 3.63) is 92.8 Å². The summed E-state index contributed by atoms with van der Waals surface area (Å²) in [6.07, 6.45) is 0. The van der Waals surface area contributed by atoms with Crippen LogP contribution >= 0.6 is 0 Å². The summed E-state index contributed by atoms with van der Waals surface area (Å²) >= 11 is 0. The number of nitro groups is 1. The Kier molecular flexibility index (Phi) is 6.72. The Balaban J connectivity index is 1.51. The summed E-state index contributed by atoms with van der Waals surface area (Å²) in [6.45, 7) is -0.0873. The standard InChI is InChI=1S/C25H22N4O6/c1-28-25(31)21-6-4-3-5-20(21)24(27-28)16-7-12-22(34-2)17(13-16)14-26-23(30)15-35-19-10-8-18(9-11-19)29(32)33/h3-13H,14-15H2,1-2H3,(H,26,30). The van der Waals surface area contributed by atoms with Gasteiger partial charge < -0.3 is 14.8 Å². The minimum absolute atomic E-state index is 0.0606. The van der Waals surface area contributed by atoms with Gasteiger partial charge in [0.15, 0.2) is 6.61 Å². The maximum atomic E-state index is 12.5. The first-order valence-corrected chi connectivity index (χ1v) is 10.6. The fourth-order valence-corrected chi connectivity index (χ4v) is 3.63. The number of methoxy groups -OCH3 is 1. The molecule has 10 nitrogen and oxygen atoms in total. The van der Waals surface area contributed by atoms with E-state index in [4.69, 9.17) is 9.47 Å². The third-order valence-electron chi connectivity index (χ3n) is 5.40. The zero-order valence-electron chi connectivity index (χ0n) is 19.1. The lowest BCUT2D eigenvalue weighted by molar-refractivity contribution is -0.384. The highest BCUT2D eigenvalue weighted by Crippen LogP contribution is 2.29. The number of non-ortho nitro benzene ring substituents is 1. The van der Waals surface area contributed by atoms with E-state index in [1.165, 1.54) is 36.1 Å². The molecule has 4 rings (SSSR count). The van der Waals surface area contributed by atoms with Gasteiger partial charge in [-0.1, -0.05) is 18.2 Å². The second-order valence-corrected chi connectivity index (χ2v) is 7.67. The molecular formula is C25H22N4O6. The molecule has 35 heavy (non-hydrogen) atoms. The number of amides is 1. The number of rotatable bonds is 8. The Morgan fingerprint density at radius 2 is 1.80 bits per heavy atom. The number of nitrogens with one attached hydrogen (secondary N) is 1. The quantitative estimate of drug-likeness (QED) is 0.307. The van der Waals surface area contributed by atoms with Crippen molar-refractivity contribution < 1.29 is 19.2 Å². The van der Waals surface area contributed by atoms with Crippen molar-refractivity contribution in [2.24, 2.45) is 7.05 Å². The first-order chi connectivity index (χ1) is 16.9. The Morgan fingerprint density at radius 3 is 2.49 bits per heavy atom. The molecule has 1 N–H and O–H groups in total. The topological polar surface area (TPSA) is 126 Å². The van der Waals surface area contributed by atoms with Gasteiger partial charge in [0.2, 0.25) is 0 Å². The molecule has 0 unspecified atom stereocenters. The number of hydrogen-bond acceptors (Lipinski definition) is 7. The molecule has 4 aromatic rings. The monoisotopic (exact) mass is 474 g/mol. The molecule has 0 saturated heterocycles. The number of aryl methyl sites for hydroxylation is 1. The average Bonchev–Trinajstić information content (AvgIpc) is 2.88. The van der Waals surface area contributed by atoms with Crippen molar-refractivity contribution in [2.45, 2.75) is 6.54 Å². The van der Waals surface area contributed by atoms with Crippen LogP contribution in [-0.2, 0) is 18.4 Å². The van der Waals surface area contributed by atoms with Crippen molar-refractivity contribution in [1.29, 1.82) is 0 Å². The lowest BCUT2D eigenvalue weighted by Gasteiger charge is -2.14. The summed E-state index contributed by atoms with van der Waals surface area (Å²) in [5, 5.41) is 19.3. The van der Waals surface area contributed by atoms with Gasteiger partial charge in [0.05, 0.1) is 23.1 Å². The lowest BCUT2D eigenvalue weighted by Crippen LogP contribution is -2.28. The number of ether oxygens (including phenoxy) is 2. The van der Waals surface area contributed by atoms with Gasteiger partial charge in [-0.3, -0.25) is 19.7 Å². The van der Waals surface area contributed by atoms with E-state index in [0.29, 0.717) is 28.1 Å². The second kappa shape index (κ2) is 10.0. The highest BCUT2D eigenvalue weighted by atomic mass is 16.6. The molecule has 0 bridgehead atoms. The molecule has 10 heteroatoms. The fourth-order valence-electron chi connectivity index (χ4n) is 3.63. The molecule has 178 valence electrons.